The van der Waals surface area contributed by atoms with Gasteiger partial charge in [0.2, 0.25) is 0 Å². The molecule has 0 amide bonds. The van der Waals surface area contributed by atoms with Crippen molar-refractivity contribution in [3.05, 3.63) is 34.9 Å². The fraction of sp³-hybridized carbons (Fsp3) is 0.526. The summed E-state index contributed by atoms with van der Waals surface area (Å²) >= 11 is 1.65. The Hall–Kier alpha value is -1.88. The minimum Gasteiger partial charge on any atom is -0.379 e. The zero-order chi connectivity index (χ0) is 18.5. The van der Waals surface area contributed by atoms with Crippen LogP contribution >= 0.6 is 11.8 Å². The van der Waals surface area contributed by atoms with Gasteiger partial charge in [-0.1, -0.05) is 30.5 Å². The fourth-order valence-corrected chi connectivity index (χ4v) is 3.50. The predicted octanol–water partition coefficient (Wildman–Crippen LogP) is 2.36. The highest BCUT2D eigenvalue weighted by atomic mass is 32.2. The SMILES string of the molecule is CCSc1ncc([C@H](C#Cc2c(C)nn(C)c2C)N2CCOCC2)cn1. The van der Waals surface area contributed by atoms with Gasteiger partial charge in [-0.2, -0.15) is 5.10 Å². The van der Waals surface area contributed by atoms with Gasteiger partial charge >= 0.3 is 0 Å². The highest BCUT2D eigenvalue weighted by Gasteiger charge is 2.22. The van der Waals surface area contributed by atoms with E-state index in [9.17, 15) is 0 Å². The molecule has 0 bridgehead atoms. The van der Waals surface area contributed by atoms with Crippen molar-refractivity contribution in [2.45, 2.75) is 32.0 Å². The minimum absolute atomic E-state index is 0.0430. The summed E-state index contributed by atoms with van der Waals surface area (Å²) in [4.78, 5) is 11.3. The Morgan fingerprint density at radius 1 is 1.23 bits per heavy atom. The third kappa shape index (κ3) is 4.26. The van der Waals surface area contributed by atoms with E-state index in [2.05, 4.69) is 38.7 Å². The van der Waals surface area contributed by atoms with Crippen LogP contribution < -0.4 is 0 Å². The summed E-state index contributed by atoms with van der Waals surface area (Å²) in [6.07, 6.45) is 3.81. The second-order valence-electron chi connectivity index (χ2n) is 6.22. The number of aromatic nitrogens is 4. The third-order valence-corrected chi connectivity index (χ3v) is 5.25. The first kappa shape index (κ1) is 18.9. The van der Waals surface area contributed by atoms with Crippen molar-refractivity contribution in [1.29, 1.82) is 0 Å². The van der Waals surface area contributed by atoms with Crippen molar-refractivity contribution < 1.29 is 4.74 Å². The molecule has 0 saturated carbocycles. The molecule has 1 aliphatic rings. The van der Waals surface area contributed by atoms with Crippen molar-refractivity contribution >= 4 is 11.8 Å². The summed E-state index contributed by atoms with van der Waals surface area (Å²) in [6.45, 7) is 9.32. The van der Waals surface area contributed by atoms with Crippen molar-refractivity contribution in [3.63, 3.8) is 0 Å². The Morgan fingerprint density at radius 3 is 2.50 bits per heavy atom. The summed E-state index contributed by atoms with van der Waals surface area (Å²) in [6, 6.07) is -0.0430. The molecule has 3 rings (SSSR count). The Bertz CT molecular complexity index is 800. The molecule has 0 aliphatic carbocycles. The third-order valence-electron chi connectivity index (χ3n) is 4.49. The van der Waals surface area contributed by atoms with E-state index in [-0.39, 0.29) is 6.04 Å². The Balaban J connectivity index is 1.92. The Kier molecular flexibility index (Phi) is 6.30. The van der Waals surface area contributed by atoms with Crippen LogP contribution in [0.25, 0.3) is 0 Å². The normalized spacial score (nSPS) is 16.2. The summed E-state index contributed by atoms with van der Waals surface area (Å²) in [5.41, 5.74) is 4.08. The van der Waals surface area contributed by atoms with Gasteiger partial charge in [0, 0.05) is 38.1 Å². The van der Waals surface area contributed by atoms with Gasteiger partial charge in [0.1, 0.15) is 6.04 Å². The van der Waals surface area contributed by atoms with Crippen LogP contribution in [0.1, 0.15) is 35.5 Å². The van der Waals surface area contributed by atoms with Gasteiger partial charge in [0.15, 0.2) is 5.16 Å². The molecule has 26 heavy (non-hydrogen) atoms. The van der Waals surface area contributed by atoms with E-state index < -0.39 is 0 Å². The second kappa shape index (κ2) is 8.67. The van der Waals surface area contributed by atoms with Crippen LogP contribution in [0, 0.1) is 25.7 Å². The lowest BCUT2D eigenvalue weighted by atomic mass is 10.1. The van der Waals surface area contributed by atoms with Crippen LogP contribution in [0.5, 0.6) is 0 Å². The number of rotatable bonds is 4. The molecule has 0 spiro atoms. The first-order valence-electron chi connectivity index (χ1n) is 8.88. The molecular formula is C19H25N5OS. The van der Waals surface area contributed by atoms with Gasteiger partial charge in [-0.05, 0) is 19.6 Å². The molecule has 3 heterocycles. The molecule has 1 fully saturated rings. The maximum atomic E-state index is 5.50. The number of thioether (sulfide) groups is 1. The van der Waals surface area contributed by atoms with Gasteiger partial charge in [-0.3, -0.25) is 9.58 Å². The Morgan fingerprint density at radius 2 is 1.92 bits per heavy atom. The van der Waals surface area contributed by atoms with Gasteiger partial charge in [-0.15, -0.1) is 0 Å². The van der Waals surface area contributed by atoms with Crippen LogP contribution in [-0.2, 0) is 11.8 Å². The molecule has 7 heteroatoms. The van der Waals surface area contributed by atoms with Gasteiger partial charge in [0.05, 0.1) is 30.2 Å². The maximum Gasteiger partial charge on any atom is 0.187 e. The molecule has 0 N–H and O–H groups in total. The van der Waals surface area contributed by atoms with E-state index in [4.69, 9.17) is 4.74 Å². The van der Waals surface area contributed by atoms with E-state index in [1.165, 1.54) is 0 Å². The van der Waals surface area contributed by atoms with Crippen LogP contribution in [0.2, 0.25) is 0 Å². The quantitative estimate of drug-likeness (QED) is 0.467. The predicted molar refractivity (Wildman–Crippen MR) is 103 cm³/mol. The number of aryl methyl sites for hydroxylation is 2. The van der Waals surface area contributed by atoms with Gasteiger partial charge in [-0.25, -0.2) is 9.97 Å². The van der Waals surface area contributed by atoms with Crippen molar-refractivity contribution in [2.24, 2.45) is 7.05 Å². The number of ether oxygens (including phenoxy) is 1. The average molecular weight is 372 g/mol. The summed E-state index contributed by atoms with van der Waals surface area (Å²) in [7, 11) is 1.95. The number of morpholine rings is 1. The van der Waals surface area contributed by atoms with E-state index in [1.807, 2.05) is 38.0 Å². The molecule has 1 atom stereocenters. The second-order valence-corrected chi connectivity index (χ2v) is 7.45. The molecule has 2 aromatic heterocycles. The van der Waals surface area contributed by atoms with Crippen molar-refractivity contribution in [3.8, 4) is 11.8 Å². The number of hydrogen-bond acceptors (Lipinski definition) is 6. The van der Waals surface area contributed by atoms with E-state index in [1.54, 1.807) is 11.8 Å². The molecule has 2 aromatic rings. The standard InChI is InChI=1S/C19H25N5OS/c1-5-26-19-20-12-16(13-21-19)18(24-8-10-25-11-9-24)7-6-17-14(2)22-23(4)15(17)3/h12-13,18H,5,8-11H2,1-4H3/t18-/m0/s1. The topological polar surface area (TPSA) is 56.1 Å². The Labute approximate surface area is 159 Å². The molecule has 0 unspecified atom stereocenters. The average Bonchev–Trinajstić information content (AvgIpc) is 2.90. The first-order valence-corrected chi connectivity index (χ1v) is 9.87. The van der Waals surface area contributed by atoms with Gasteiger partial charge in [0.25, 0.3) is 0 Å². The largest absolute Gasteiger partial charge is 0.379 e. The molecule has 1 saturated heterocycles. The molecular weight excluding hydrogens is 346 g/mol. The van der Waals surface area contributed by atoms with E-state index in [0.29, 0.717) is 0 Å². The zero-order valence-electron chi connectivity index (χ0n) is 15.8. The molecule has 0 radical (unpaired) electrons. The minimum atomic E-state index is -0.0430. The molecule has 138 valence electrons. The molecule has 6 nitrogen and oxygen atoms in total. The highest BCUT2D eigenvalue weighted by molar-refractivity contribution is 7.99. The number of nitrogens with zero attached hydrogens (tertiary/aromatic N) is 5. The van der Waals surface area contributed by atoms with Crippen LogP contribution in [0.3, 0.4) is 0 Å². The van der Waals surface area contributed by atoms with Crippen LogP contribution in [0.4, 0.5) is 0 Å². The lowest BCUT2D eigenvalue weighted by molar-refractivity contribution is 0.0268. The fourth-order valence-electron chi connectivity index (χ4n) is 2.99. The van der Waals surface area contributed by atoms with E-state index in [0.717, 1.165) is 59.7 Å². The summed E-state index contributed by atoms with van der Waals surface area (Å²) in [5.74, 6) is 7.77. The molecule has 1 aliphatic heterocycles. The van der Waals surface area contributed by atoms with Gasteiger partial charge < -0.3 is 4.74 Å². The first-order chi connectivity index (χ1) is 12.6. The lowest BCUT2D eigenvalue weighted by Crippen LogP contribution is -2.38. The van der Waals surface area contributed by atoms with Crippen LogP contribution in [-0.4, -0.2) is 56.7 Å². The summed E-state index contributed by atoms with van der Waals surface area (Å²) < 4.78 is 7.38. The monoisotopic (exact) mass is 371 g/mol. The number of hydrogen-bond donors (Lipinski definition) is 0. The smallest absolute Gasteiger partial charge is 0.187 e. The summed E-state index contributed by atoms with van der Waals surface area (Å²) in [5, 5.41) is 5.27. The van der Waals surface area contributed by atoms with Crippen molar-refractivity contribution in [1.82, 2.24) is 24.6 Å². The maximum absolute atomic E-state index is 5.50. The van der Waals surface area contributed by atoms with Crippen molar-refractivity contribution in [2.75, 3.05) is 32.1 Å². The zero-order valence-corrected chi connectivity index (χ0v) is 16.6. The molecule has 0 aromatic carbocycles. The highest BCUT2D eigenvalue weighted by Crippen LogP contribution is 2.22. The lowest BCUT2D eigenvalue weighted by Gasteiger charge is -2.31. The van der Waals surface area contributed by atoms with Crippen LogP contribution in [0.15, 0.2) is 17.6 Å². The van der Waals surface area contributed by atoms with E-state index >= 15 is 0 Å².